The highest BCUT2D eigenvalue weighted by atomic mass is 35.5. The van der Waals surface area contributed by atoms with Crippen LogP contribution in [0.3, 0.4) is 0 Å². The summed E-state index contributed by atoms with van der Waals surface area (Å²) in [6, 6.07) is 13.2. The number of carbonyl (C=O) groups excluding carboxylic acids is 1. The number of rotatable bonds is 4. The van der Waals surface area contributed by atoms with Crippen LogP contribution in [-0.2, 0) is 5.75 Å². The van der Waals surface area contributed by atoms with Crippen LogP contribution in [0.2, 0.25) is 10.0 Å². The van der Waals surface area contributed by atoms with Gasteiger partial charge in [-0.1, -0.05) is 41.4 Å². The van der Waals surface area contributed by atoms with Crippen molar-refractivity contribution in [3.8, 4) is 0 Å². The van der Waals surface area contributed by atoms with Crippen molar-refractivity contribution >= 4 is 40.7 Å². The van der Waals surface area contributed by atoms with Crippen molar-refractivity contribution in [2.45, 2.75) is 17.6 Å². The second-order valence-electron chi connectivity index (χ2n) is 4.12. The van der Waals surface area contributed by atoms with Crippen LogP contribution in [0.5, 0.6) is 0 Å². The van der Waals surface area contributed by atoms with Gasteiger partial charge in [-0.15, -0.1) is 11.8 Å². The van der Waals surface area contributed by atoms with E-state index in [4.69, 9.17) is 23.2 Å². The minimum Gasteiger partial charge on any atom is -0.295 e. The first-order valence-corrected chi connectivity index (χ1v) is 7.48. The predicted molar refractivity (Wildman–Crippen MR) is 82.5 cm³/mol. The van der Waals surface area contributed by atoms with Gasteiger partial charge in [-0.3, -0.25) is 4.79 Å². The Balaban J connectivity index is 2.07. The van der Waals surface area contributed by atoms with E-state index >= 15 is 0 Å². The van der Waals surface area contributed by atoms with Crippen molar-refractivity contribution in [2.24, 2.45) is 0 Å². The SMILES string of the molecule is CC(=O)c1cccc(SCc2ccc(Cl)c(Cl)c2)c1. The number of hydrogen-bond acceptors (Lipinski definition) is 2. The quantitative estimate of drug-likeness (QED) is 0.549. The summed E-state index contributed by atoms with van der Waals surface area (Å²) in [6.45, 7) is 1.57. The maximum absolute atomic E-state index is 11.3. The Bertz CT molecular complexity index is 611. The molecule has 1 nitrogen and oxygen atoms in total. The molecule has 2 aromatic rings. The van der Waals surface area contributed by atoms with Crippen molar-refractivity contribution in [1.82, 2.24) is 0 Å². The molecule has 0 radical (unpaired) electrons. The zero-order chi connectivity index (χ0) is 13.8. The Morgan fingerprint density at radius 2 is 1.89 bits per heavy atom. The molecule has 0 aliphatic carbocycles. The van der Waals surface area contributed by atoms with Crippen LogP contribution >= 0.6 is 35.0 Å². The summed E-state index contributed by atoms with van der Waals surface area (Å²) in [5, 5.41) is 1.13. The van der Waals surface area contributed by atoms with Gasteiger partial charge in [0, 0.05) is 16.2 Å². The Morgan fingerprint density at radius 1 is 1.11 bits per heavy atom. The molecule has 0 saturated heterocycles. The Labute approximate surface area is 126 Å². The van der Waals surface area contributed by atoms with E-state index in [0.717, 1.165) is 21.8 Å². The molecule has 0 bridgehead atoms. The molecule has 0 atom stereocenters. The lowest BCUT2D eigenvalue weighted by Gasteiger charge is -2.05. The van der Waals surface area contributed by atoms with Gasteiger partial charge in [-0.05, 0) is 36.8 Å². The second kappa shape index (κ2) is 6.47. The van der Waals surface area contributed by atoms with Gasteiger partial charge in [0.2, 0.25) is 0 Å². The number of halogens is 2. The molecule has 19 heavy (non-hydrogen) atoms. The Hall–Kier alpha value is -0.960. The molecule has 0 spiro atoms. The maximum atomic E-state index is 11.3. The lowest BCUT2D eigenvalue weighted by molar-refractivity contribution is 0.101. The van der Waals surface area contributed by atoms with Gasteiger partial charge in [-0.25, -0.2) is 0 Å². The first-order chi connectivity index (χ1) is 9.06. The molecule has 0 N–H and O–H groups in total. The van der Waals surface area contributed by atoms with Crippen molar-refractivity contribution in [1.29, 1.82) is 0 Å². The molecule has 4 heteroatoms. The van der Waals surface area contributed by atoms with Crippen molar-refractivity contribution < 1.29 is 4.79 Å². The molecule has 0 fully saturated rings. The van der Waals surface area contributed by atoms with E-state index in [2.05, 4.69) is 0 Å². The number of thioether (sulfide) groups is 1. The van der Waals surface area contributed by atoms with Crippen LogP contribution in [0, 0.1) is 0 Å². The van der Waals surface area contributed by atoms with Crippen molar-refractivity contribution in [3.05, 3.63) is 63.6 Å². The zero-order valence-electron chi connectivity index (χ0n) is 10.3. The Kier molecular flexibility index (Phi) is 4.92. The van der Waals surface area contributed by atoms with Gasteiger partial charge in [0.15, 0.2) is 5.78 Å². The fourth-order valence-electron chi connectivity index (χ4n) is 1.60. The van der Waals surface area contributed by atoms with E-state index in [1.807, 2.05) is 36.4 Å². The van der Waals surface area contributed by atoms with Crippen LogP contribution in [0.1, 0.15) is 22.8 Å². The summed E-state index contributed by atoms with van der Waals surface area (Å²) in [7, 11) is 0. The highest BCUT2D eigenvalue weighted by molar-refractivity contribution is 7.98. The molecule has 0 saturated carbocycles. The highest BCUT2D eigenvalue weighted by Gasteiger charge is 2.03. The van der Waals surface area contributed by atoms with Crippen LogP contribution < -0.4 is 0 Å². The molecule has 0 aromatic heterocycles. The molecular weight excluding hydrogens is 299 g/mol. The third kappa shape index (κ3) is 4.00. The number of Topliss-reactive ketones (excluding diaryl/α,β-unsaturated/α-hetero) is 1. The first kappa shape index (κ1) is 14.4. The normalized spacial score (nSPS) is 10.5. The van der Waals surface area contributed by atoms with Crippen LogP contribution in [0.4, 0.5) is 0 Å². The second-order valence-corrected chi connectivity index (χ2v) is 5.98. The van der Waals surface area contributed by atoms with Gasteiger partial charge in [-0.2, -0.15) is 0 Å². The van der Waals surface area contributed by atoms with E-state index in [9.17, 15) is 4.79 Å². The number of ketones is 1. The van der Waals surface area contributed by atoms with E-state index in [1.54, 1.807) is 24.8 Å². The van der Waals surface area contributed by atoms with Crippen LogP contribution in [-0.4, -0.2) is 5.78 Å². The van der Waals surface area contributed by atoms with Crippen LogP contribution in [0.25, 0.3) is 0 Å². The smallest absolute Gasteiger partial charge is 0.159 e. The minimum atomic E-state index is 0.0805. The maximum Gasteiger partial charge on any atom is 0.159 e. The molecule has 0 aliphatic heterocycles. The molecule has 2 aromatic carbocycles. The molecule has 2 rings (SSSR count). The summed E-state index contributed by atoms with van der Waals surface area (Å²) in [4.78, 5) is 12.4. The lowest BCUT2D eigenvalue weighted by Crippen LogP contribution is -1.91. The van der Waals surface area contributed by atoms with E-state index in [1.165, 1.54) is 0 Å². The number of hydrogen-bond donors (Lipinski definition) is 0. The predicted octanol–water partition coefficient (Wildman–Crippen LogP) is 5.49. The third-order valence-electron chi connectivity index (χ3n) is 2.63. The van der Waals surface area contributed by atoms with E-state index < -0.39 is 0 Å². The summed E-state index contributed by atoms with van der Waals surface area (Å²) in [5.74, 6) is 0.870. The monoisotopic (exact) mass is 310 g/mol. The van der Waals surface area contributed by atoms with Crippen LogP contribution in [0.15, 0.2) is 47.4 Å². The van der Waals surface area contributed by atoms with Gasteiger partial charge < -0.3 is 0 Å². The van der Waals surface area contributed by atoms with Gasteiger partial charge in [0.05, 0.1) is 10.0 Å². The molecular formula is C15H12Cl2OS. The number of benzene rings is 2. The average Bonchev–Trinajstić information content (AvgIpc) is 2.40. The molecule has 0 unspecified atom stereocenters. The Morgan fingerprint density at radius 3 is 2.58 bits per heavy atom. The van der Waals surface area contributed by atoms with Gasteiger partial charge in [0.1, 0.15) is 0 Å². The molecule has 0 amide bonds. The van der Waals surface area contributed by atoms with Crippen molar-refractivity contribution in [2.75, 3.05) is 0 Å². The van der Waals surface area contributed by atoms with Gasteiger partial charge >= 0.3 is 0 Å². The summed E-state index contributed by atoms with van der Waals surface area (Å²) < 4.78 is 0. The summed E-state index contributed by atoms with van der Waals surface area (Å²) in [6.07, 6.45) is 0. The molecule has 98 valence electrons. The largest absolute Gasteiger partial charge is 0.295 e. The fraction of sp³-hybridized carbons (Fsp3) is 0.133. The number of carbonyl (C=O) groups is 1. The fourth-order valence-corrected chi connectivity index (χ4v) is 2.82. The summed E-state index contributed by atoms with van der Waals surface area (Å²) >= 11 is 13.5. The zero-order valence-corrected chi connectivity index (χ0v) is 12.6. The molecule has 0 aliphatic rings. The first-order valence-electron chi connectivity index (χ1n) is 5.74. The van der Waals surface area contributed by atoms with Gasteiger partial charge in [0.25, 0.3) is 0 Å². The molecule has 0 heterocycles. The summed E-state index contributed by atoms with van der Waals surface area (Å²) in [5.41, 5.74) is 1.84. The highest BCUT2D eigenvalue weighted by Crippen LogP contribution is 2.28. The topological polar surface area (TPSA) is 17.1 Å². The third-order valence-corrected chi connectivity index (χ3v) is 4.43. The van der Waals surface area contributed by atoms with E-state index in [0.29, 0.717) is 10.0 Å². The average molecular weight is 311 g/mol. The standard InChI is InChI=1S/C15H12Cl2OS/c1-10(18)12-3-2-4-13(8-12)19-9-11-5-6-14(16)15(17)7-11/h2-8H,9H2,1H3. The van der Waals surface area contributed by atoms with E-state index in [-0.39, 0.29) is 5.78 Å². The lowest BCUT2D eigenvalue weighted by atomic mass is 10.2. The van der Waals surface area contributed by atoms with Crippen molar-refractivity contribution in [3.63, 3.8) is 0 Å². The minimum absolute atomic E-state index is 0.0805.